The van der Waals surface area contributed by atoms with Crippen molar-refractivity contribution in [3.63, 3.8) is 0 Å². The summed E-state index contributed by atoms with van der Waals surface area (Å²) in [6.07, 6.45) is -16.0. The smallest absolute Gasteiger partial charge is 0.416 e. The molecule has 0 amide bonds. The maximum Gasteiger partial charge on any atom is 0.416 e. The molecule has 0 saturated heterocycles. The van der Waals surface area contributed by atoms with E-state index >= 15 is 0 Å². The van der Waals surface area contributed by atoms with Gasteiger partial charge in [0.15, 0.2) is 11.6 Å². The van der Waals surface area contributed by atoms with E-state index in [9.17, 15) is 53.5 Å². The number of methoxy groups -OCH3 is 1. The van der Waals surface area contributed by atoms with Crippen molar-refractivity contribution in [3.8, 4) is 22.6 Å². The molecule has 0 aromatic heterocycles. The third kappa shape index (κ3) is 9.94. The third-order valence-electron chi connectivity index (χ3n) is 8.04. The number of unbranched alkanes of at least 4 members (excludes halogenated alkanes) is 1. The second-order valence-corrected chi connectivity index (χ2v) is 11.9. The number of carboxylic acid groups (broad SMARTS) is 1. The molecule has 0 bridgehead atoms. The molecule has 3 aromatic rings. The molecule has 1 aliphatic rings. The van der Waals surface area contributed by atoms with Gasteiger partial charge in [0.2, 0.25) is 0 Å². The summed E-state index contributed by atoms with van der Waals surface area (Å²) in [6.45, 7) is 1.32. The molecule has 51 heavy (non-hydrogen) atoms. The number of carbonyl (C=O) groups is 2. The number of hydrogen-bond donors (Lipinski definition) is 1. The van der Waals surface area contributed by atoms with Crippen LogP contribution in [0.5, 0.6) is 11.5 Å². The number of hydrogen-bond acceptors (Lipinski definition) is 5. The van der Waals surface area contributed by atoms with Crippen LogP contribution >= 0.6 is 0 Å². The molecule has 3 aromatic carbocycles. The third-order valence-corrected chi connectivity index (χ3v) is 8.04. The van der Waals surface area contributed by atoms with Gasteiger partial charge in [-0.25, -0.2) is 9.18 Å². The van der Waals surface area contributed by atoms with Crippen molar-refractivity contribution >= 4 is 11.9 Å². The second-order valence-electron chi connectivity index (χ2n) is 11.9. The van der Waals surface area contributed by atoms with Crippen LogP contribution in [-0.4, -0.2) is 30.8 Å². The molecule has 2 atom stereocenters. The molecule has 4 rings (SSSR count). The van der Waals surface area contributed by atoms with Crippen molar-refractivity contribution in [1.82, 2.24) is 0 Å². The fraction of sp³-hybridized carbons (Fsp3) is 0.371. The van der Waals surface area contributed by atoms with Crippen LogP contribution in [0.1, 0.15) is 66.5 Å². The van der Waals surface area contributed by atoms with Crippen LogP contribution in [0, 0.1) is 11.7 Å². The zero-order chi connectivity index (χ0) is 37.9. The zero-order valence-corrected chi connectivity index (χ0v) is 26.9. The van der Waals surface area contributed by atoms with Gasteiger partial charge in [-0.3, -0.25) is 4.79 Å². The molecule has 0 fully saturated rings. The van der Waals surface area contributed by atoms with Crippen molar-refractivity contribution in [2.75, 3.05) is 13.7 Å². The Kier molecular flexibility index (Phi) is 11.7. The Morgan fingerprint density at radius 3 is 2.04 bits per heavy atom. The lowest BCUT2D eigenvalue weighted by molar-refractivity contribution is -0.146. The summed E-state index contributed by atoms with van der Waals surface area (Å²) in [7, 11) is 1.19. The summed E-state index contributed by atoms with van der Waals surface area (Å²) in [5, 5.41) is 8.80. The number of esters is 1. The topological polar surface area (TPSA) is 82.1 Å². The quantitative estimate of drug-likeness (QED) is 0.120. The van der Waals surface area contributed by atoms with Crippen LogP contribution < -0.4 is 9.47 Å². The molecular formula is C35H30F10O6. The van der Waals surface area contributed by atoms with E-state index in [-0.39, 0.29) is 78.5 Å². The minimum absolute atomic E-state index is 0.0368. The van der Waals surface area contributed by atoms with Crippen LogP contribution in [-0.2, 0) is 39.3 Å². The van der Waals surface area contributed by atoms with Gasteiger partial charge in [-0.15, -0.1) is 0 Å². The van der Waals surface area contributed by atoms with Gasteiger partial charge >= 0.3 is 30.5 Å². The predicted octanol–water partition coefficient (Wildman–Crippen LogP) is 9.98. The molecule has 0 aliphatic carbocycles. The average molecular weight is 737 g/mol. The Labute approximate surface area is 284 Å². The summed E-state index contributed by atoms with van der Waals surface area (Å²) in [5.41, 5.74) is -4.57. The van der Waals surface area contributed by atoms with E-state index in [1.807, 2.05) is 0 Å². The average Bonchev–Trinajstić information content (AvgIpc) is 3.16. The standard InChI is InChI=1S/C35H30F10O6/c1-18-9-19(11-31(48)51-32(18)21-13-23(34(40,41)42)15-24(14-21)35(43,44)45)10-20-12-22(33(37,38)39)6-7-25(20)26-16-29(27(36)17-28(26)49-2)50-8-4-3-5-30(46)47/h6-7,11-18,32H,3-5,8-10H2,1-2H3,(H,46,47)/t18-,32+/m1/s1. The molecule has 0 saturated carbocycles. The highest BCUT2D eigenvalue weighted by molar-refractivity contribution is 5.84. The highest BCUT2D eigenvalue weighted by atomic mass is 19.4. The number of carbonyl (C=O) groups excluding carboxylic acids is 1. The van der Waals surface area contributed by atoms with Crippen LogP contribution in [0.15, 0.2) is 60.2 Å². The van der Waals surface area contributed by atoms with E-state index < -0.39 is 70.6 Å². The lowest BCUT2D eigenvalue weighted by Gasteiger charge is -2.24. The van der Waals surface area contributed by atoms with Gasteiger partial charge in [-0.05, 0) is 78.8 Å². The first-order valence-corrected chi connectivity index (χ1v) is 15.3. The molecule has 1 aliphatic heterocycles. The minimum atomic E-state index is -5.16. The van der Waals surface area contributed by atoms with E-state index in [1.165, 1.54) is 20.1 Å². The number of alkyl halides is 9. The van der Waals surface area contributed by atoms with Crippen molar-refractivity contribution in [2.45, 2.75) is 63.7 Å². The van der Waals surface area contributed by atoms with Gasteiger partial charge in [0.1, 0.15) is 11.9 Å². The first kappa shape index (κ1) is 39.0. The molecule has 1 N–H and O–H groups in total. The van der Waals surface area contributed by atoms with Crippen LogP contribution in [0.3, 0.4) is 0 Å². The molecule has 0 spiro atoms. The Morgan fingerprint density at radius 1 is 0.843 bits per heavy atom. The Hall–Kier alpha value is -4.76. The van der Waals surface area contributed by atoms with E-state index in [4.69, 9.17) is 19.3 Å². The fourth-order valence-electron chi connectivity index (χ4n) is 5.69. The molecule has 6 nitrogen and oxygen atoms in total. The molecular weight excluding hydrogens is 706 g/mol. The van der Waals surface area contributed by atoms with Crippen molar-refractivity contribution in [3.05, 3.63) is 93.8 Å². The van der Waals surface area contributed by atoms with Gasteiger partial charge in [-0.1, -0.05) is 18.6 Å². The van der Waals surface area contributed by atoms with E-state index in [2.05, 4.69) is 0 Å². The van der Waals surface area contributed by atoms with Gasteiger partial charge < -0.3 is 19.3 Å². The van der Waals surface area contributed by atoms with E-state index in [1.54, 1.807) is 0 Å². The van der Waals surface area contributed by atoms with Gasteiger partial charge in [0, 0.05) is 30.0 Å². The number of cyclic esters (lactones) is 1. The van der Waals surface area contributed by atoms with Crippen molar-refractivity contribution in [1.29, 1.82) is 0 Å². The fourth-order valence-corrected chi connectivity index (χ4v) is 5.69. The number of ether oxygens (including phenoxy) is 3. The monoisotopic (exact) mass is 736 g/mol. The number of carboxylic acids is 1. The van der Waals surface area contributed by atoms with Gasteiger partial charge in [-0.2, -0.15) is 39.5 Å². The number of allylic oxidation sites excluding steroid dienone is 1. The summed E-state index contributed by atoms with van der Waals surface area (Å²) in [6, 6.07) is 5.65. The number of benzene rings is 3. The Balaban J connectivity index is 1.72. The van der Waals surface area contributed by atoms with Crippen molar-refractivity contribution < 1.29 is 72.8 Å². The summed E-state index contributed by atoms with van der Waals surface area (Å²) < 4.78 is 154. The molecule has 276 valence electrons. The Morgan fingerprint density at radius 2 is 1.47 bits per heavy atom. The lowest BCUT2D eigenvalue weighted by atomic mass is 9.86. The molecule has 0 unspecified atom stereocenters. The largest absolute Gasteiger partial charge is 0.496 e. The summed E-state index contributed by atoms with van der Waals surface area (Å²) in [5.74, 6) is -4.39. The Bertz CT molecular complexity index is 1760. The van der Waals surface area contributed by atoms with Crippen LogP contribution in [0.4, 0.5) is 43.9 Å². The maximum atomic E-state index is 14.9. The summed E-state index contributed by atoms with van der Waals surface area (Å²) in [4.78, 5) is 23.6. The zero-order valence-electron chi connectivity index (χ0n) is 26.9. The first-order valence-electron chi connectivity index (χ1n) is 15.3. The summed E-state index contributed by atoms with van der Waals surface area (Å²) >= 11 is 0. The van der Waals surface area contributed by atoms with Crippen LogP contribution in [0.25, 0.3) is 11.1 Å². The highest BCUT2D eigenvalue weighted by Gasteiger charge is 2.39. The number of aliphatic carboxylic acids is 1. The predicted molar refractivity (Wildman–Crippen MR) is 161 cm³/mol. The van der Waals surface area contributed by atoms with Crippen LogP contribution in [0.2, 0.25) is 0 Å². The first-order chi connectivity index (χ1) is 23.7. The maximum absolute atomic E-state index is 14.9. The molecule has 0 radical (unpaired) electrons. The second kappa shape index (κ2) is 15.2. The minimum Gasteiger partial charge on any atom is -0.496 e. The van der Waals surface area contributed by atoms with Gasteiger partial charge in [0.25, 0.3) is 0 Å². The lowest BCUT2D eigenvalue weighted by Crippen LogP contribution is -2.18. The normalized spacial score (nSPS) is 17.0. The van der Waals surface area contributed by atoms with E-state index in [0.29, 0.717) is 12.1 Å². The highest BCUT2D eigenvalue weighted by Crippen LogP contribution is 2.44. The van der Waals surface area contributed by atoms with E-state index in [0.717, 1.165) is 30.3 Å². The SMILES string of the molecule is COc1cc(F)c(OCCCCC(=O)O)cc1-c1ccc(C(F)(F)F)cc1CC1=CC(=O)O[C@H](c2cc(C(F)(F)F)cc(C(F)(F)F)c2)[C@H](C)C1. The van der Waals surface area contributed by atoms with Crippen molar-refractivity contribution in [2.24, 2.45) is 5.92 Å². The molecule has 1 heterocycles. The number of halogens is 10. The molecule has 16 heteroatoms. The van der Waals surface area contributed by atoms with Gasteiger partial charge in [0.05, 0.1) is 30.4 Å². The number of rotatable bonds is 11.